The van der Waals surface area contributed by atoms with E-state index in [1.54, 1.807) is 30.3 Å². The average molecular weight is 399 g/mol. The van der Waals surface area contributed by atoms with E-state index < -0.39 is 15.9 Å². The quantitative estimate of drug-likeness (QED) is 0.600. The van der Waals surface area contributed by atoms with Crippen LogP contribution in [-0.2, 0) is 14.8 Å². The van der Waals surface area contributed by atoms with Crippen LogP contribution in [0.25, 0.3) is 11.8 Å². The molecule has 0 atom stereocenters. The first-order chi connectivity index (χ1) is 13.5. The summed E-state index contributed by atoms with van der Waals surface area (Å²) in [5.41, 5.74) is 1.18. The number of carbonyl (C=O) groups is 1. The molecule has 3 rings (SSSR count). The van der Waals surface area contributed by atoms with Crippen LogP contribution in [0, 0.1) is 0 Å². The summed E-state index contributed by atoms with van der Waals surface area (Å²) in [5.74, 6) is -0.0455. The summed E-state index contributed by atoms with van der Waals surface area (Å²) < 4.78 is 33.6. The number of tetrazole rings is 1. The second kappa shape index (κ2) is 8.44. The van der Waals surface area contributed by atoms with Gasteiger partial charge in [-0.1, -0.05) is 18.2 Å². The number of carbonyl (C=O) groups excluding carboxylic acids is 1. The SMILES string of the molecule is CCOc1ccc(/C=C/C(=O)NS(=O)(=O)c2cccc(-n3cnnn3)c2)cc1. The van der Waals surface area contributed by atoms with Crippen molar-refractivity contribution in [3.05, 3.63) is 66.5 Å². The first kappa shape index (κ1) is 19.2. The number of nitrogens with zero attached hydrogens (tertiary/aromatic N) is 4. The van der Waals surface area contributed by atoms with E-state index in [0.717, 1.165) is 11.6 Å². The van der Waals surface area contributed by atoms with E-state index in [4.69, 9.17) is 4.74 Å². The smallest absolute Gasteiger partial charge is 0.264 e. The lowest BCUT2D eigenvalue weighted by molar-refractivity contribution is -0.114. The highest BCUT2D eigenvalue weighted by Crippen LogP contribution is 2.15. The summed E-state index contributed by atoms with van der Waals surface area (Å²) in [4.78, 5) is 12.0. The number of ether oxygens (including phenoxy) is 1. The first-order valence-corrected chi connectivity index (χ1v) is 9.77. The van der Waals surface area contributed by atoms with Gasteiger partial charge in [-0.25, -0.2) is 17.8 Å². The molecule has 0 saturated heterocycles. The van der Waals surface area contributed by atoms with Crippen molar-refractivity contribution in [1.82, 2.24) is 24.9 Å². The van der Waals surface area contributed by atoms with Gasteiger partial charge in [-0.15, -0.1) is 5.10 Å². The second-order valence-corrected chi connectivity index (χ2v) is 7.24. The van der Waals surface area contributed by atoms with E-state index in [1.165, 1.54) is 35.3 Å². The van der Waals surface area contributed by atoms with Crippen LogP contribution in [0.5, 0.6) is 5.75 Å². The Balaban J connectivity index is 1.70. The van der Waals surface area contributed by atoms with Crippen LogP contribution in [0.3, 0.4) is 0 Å². The number of amides is 1. The number of hydrogen-bond acceptors (Lipinski definition) is 7. The van der Waals surface area contributed by atoms with E-state index in [0.29, 0.717) is 18.0 Å². The van der Waals surface area contributed by atoms with Crippen LogP contribution in [-0.4, -0.2) is 41.1 Å². The van der Waals surface area contributed by atoms with Crippen molar-refractivity contribution < 1.29 is 17.9 Å². The Bertz CT molecular complexity index is 1080. The third-order valence-electron chi connectivity index (χ3n) is 3.59. The average Bonchev–Trinajstić information content (AvgIpc) is 3.22. The fraction of sp³-hybridized carbons (Fsp3) is 0.111. The summed E-state index contributed by atoms with van der Waals surface area (Å²) >= 11 is 0. The monoisotopic (exact) mass is 399 g/mol. The molecule has 9 nitrogen and oxygen atoms in total. The van der Waals surface area contributed by atoms with Crippen LogP contribution in [0.15, 0.2) is 65.8 Å². The molecular formula is C18H17N5O4S. The van der Waals surface area contributed by atoms with Crippen LogP contribution < -0.4 is 9.46 Å². The van der Waals surface area contributed by atoms with Gasteiger partial charge in [-0.05, 0) is 59.3 Å². The van der Waals surface area contributed by atoms with Gasteiger partial charge in [0.1, 0.15) is 12.1 Å². The Labute approximate surface area is 161 Å². The van der Waals surface area contributed by atoms with Gasteiger partial charge >= 0.3 is 0 Å². The zero-order valence-electron chi connectivity index (χ0n) is 14.9. The van der Waals surface area contributed by atoms with Crippen molar-refractivity contribution >= 4 is 22.0 Å². The summed E-state index contributed by atoms with van der Waals surface area (Å²) in [6.45, 7) is 2.45. The third kappa shape index (κ3) is 4.80. The Hall–Kier alpha value is -3.53. The molecule has 0 aliphatic heterocycles. The zero-order valence-corrected chi connectivity index (χ0v) is 15.7. The number of sulfonamides is 1. The highest BCUT2D eigenvalue weighted by molar-refractivity contribution is 7.90. The highest BCUT2D eigenvalue weighted by atomic mass is 32.2. The van der Waals surface area contributed by atoms with Gasteiger partial charge in [0.2, 0.25) is 0 Å². The first-order valence-electron chi connectivity index (χ1n) is 8.29. The van der Waals surface area contributed by atoms with E-state index in [-0.39, 0.29) is 4.90 Å². The van der Waals surface area contributed by atoms with Crippen LogP contribution in [0.4, 0.5) is 0 Å². The molecule has 0 saturated carbocycles. The molecule has 3 aromatic rings. The maximum absolute atomic E-state index is 12.4. The molecule has 2 aromatic carbocycles. The Kier molecular flexibility index (Phi) is 5.80. The number of nitrogens with one attached hydrogen (secondary N) is 1. The molecule has 1 N–H and O–H groups in total. The second-order valence-electron chi connectivity index (χ2n) is 5.56. The number of rotatable bonds is 7. The van der Waals surface area contributed by atoms with Gasteiger partial charge in [-0.2, -0.15) is 0 Å². The number of aromatic nitrogens is 4. The zero-order chi connectivity index (χ0) is 20.0. The summed E-state index contributed by atoms with van der Waals surface area (Å²) in [5, 5.41) is 10.7. The Morgan fingerprint density at radius 1 is 1.21 bits per heavy atom. The van der Waals surface area contributed by atoms with Gasteiger partial charge in [0.25, 0.3) is 15.9 Å². The highest BCUT2D eigenvalue weighted by Gasteiger charge is 2.17. The lowest BCUT2D eigenvalue weighted by Gasteiger charge is -2.07. The van der Waals surface area contributed by atoms with Crippen molar-refractivity contribution in [1.29, 1.82) is 0 Å². The van der Waals surface area contributed by atoms with Crippen molar-refractivity contribution in [2.24, 2.45) is 0 Å². The van der Waals surface area contributed by atoms with E-state index >= 15 is 0 Å². The van der Waals surface area contributed by atoms with Gasteiger partial charge in [0.15, 0.2) is 0 Å². The van der Waals surface area contributed by atoms with Gasteiger partial charge in [0.05, 0.1) is 17.2 Å². The van der Waals surface area contributed by atoms with Crippen LogP contribution >= 0.6 is 0 Å². The van der Waals surface area contributed by atoms with Gasteiger partial charge in [0, 0.05) is 6.08 Å². The third-order valence-corrected chi connectivity index (χ3v) is 4.94. The van der Waals surface area contributed by atoms with E-state index in [2.05, 4.69) is 15.5 Å². The Morgan fingerprint density at radius 2 is 2.00 bits per heavy atom. The topological polar surface area (TPSA) is 116 Å². The largest absolute Gasteiger partial charge is 0.494 e. The molecular weight excluding hydrogens is 382 g/mol. The minimum absolute atomic E-state index is 0.0803. The molecule has 0 fully saturated rings. The fourth-order valence-electron chi connectivity index (χ4n) is 2.31. The molecule has 0 unspecified atom stereocenters. The summed E-state index contributed by atoms with van der Waals surface area (Å²) in [6, 6.07) is 13.0. The summed E-state index contributed by atoms with van der Waals surface area (Å²) in [6.07, 6.45) is 4.00. The molecule has 0 aliphatic carbocycles. The van der Waals surface area contributed by atoms with E-state index in [1.807, 2.05) is 11.6 Å². The molecule has 0 aliphatic rings. The molecule has 0 radical (unpaired) electrons. The normalized spacial score (nSPS) is 11.5. The predicted octanol–water partition coefficient (Wildman–Crippen LogP) is 1.58. The van der Waals surface area contributed by atoms with Crippen molar-refractivity contribution in [2.45, 2.75) is 11.8 Å². The maximum atomic E-state index is 12.4. The molecule has 0 bridgehead atoms. The molecule has 28 heavy (non-hydrogen) atoms. The maximum Gasteiger partial charge on any atom is 0.264 e. The lowest BCUT2D eigenvalue weighted by atomic mass is 10.2. The number of benzene rings is 2. The molecule has 144 valence electrons. The number of hydrogen-bond donors (Lipinski definition) is 1. The van der Waals surface area contributed by atoms with Gasteiger partial charge in [-0.3, -0.25) is 4.79 Å². The molecule has 1 aromatic heterocycles. The molecule has 1 amide bonds. The minimum Gasteiger partial charge on any atom is -0.494 e. The fourth-order valence-corrected chi connectivity index (χ4v) is 3.30. The Morgan fingerprint density at radius 3 is 2.68 bits per heavy atom. The molecule has 0 spiro atoms. The van der Waals surface area contributed by atoms with Crippen LogP contribution in [0.2, 0.25) is 0 Å². The van der Waals surface area contributed by atoms with Gasteiger partial charge < -0.3 is 4.74 Å². The van der Waals surface area contributed by atoms with Crippen molar-refractivity contribution in [3.8, 4) is 11.4 Å². The lowest BCUT2D eigenvalue weighted by Crippen LogP contribution is -2.29. The molecule has 1 heterocycles. The predicted molar refractivity (Wildman–Crippen MR) is 101 cm³/mol. The molecule has 10 heteroatoms. The van der Waals surface area contributed by atoms with Crippen LogP contribution in [0.1, 0.15) is 12.5 Å². The van der Waals surface area contributed by atoms with Crippen molar-refractivity contribution in [3.63, 3.8) is 0 Å². The standard InChI is InChI=1S/C18H17N5O4S/c1-2-27-16-9-6-14(7-10-16)8-11-18(24)20-28(25,26)17-5-3-4-15(12-17)23-13-19-21-22-23/h3-13H,2H2,1H3,(H,20,24)/b11-8+. The van der Waals surface area contributed by atoms with Crippen molar-refractivity contribution in [2.75, 3.05) is 6.61 Å². The summed E-state index contributed by atoms with van der Waals surface area (Å²) in [7, 11) is -4.04. The minimum atomic E-state index is -4.04. The van der Waals surface area contributed by atoms with E-state index in [9.17, 15) is 13.2 Å².